The van der Waals surface area contributed by atoms with Crippen LogP contribution in [0.15, 0.2) is 40.8 Å². The van der Waals surface area contributed by atoms with Crippen molar-refractivity contribution in [3.05, 3.63) is 53.5 Å². The van der Waals surface area contributed by atoms with Crippen molar-refractivity contribution in [3.63, 3.8) is 0 Å². The Balaban J connectivity index is 2.07. The van der Waals surface area contributed by atoms with Crippen molar-refractivity contribution in [3.8, 4) is 5.75 Å². The first-order valence-corrected chi connectivity index (χ1v) is 7.07. The number of nitrogens with zero attached hydrogens (tertiary/aromatic N) is 1. The summed E-state index contributed by atoms with van der Waals surface area (Å²) >= 11 is 5.93. The highest BCUT2D eigenvalue weighted by atomic mass is 35.5. The first-order valence-electron chi connectivity index (χ1n) is 6.63. The molecule has 0 spiro atoms. The van der Waals surface area contributed by atoms with E-state index in [9.17, 15) is 4.79 Å². The Bertz CT molecular complexity index is 621. The molecule has 4 nitrogen and oxygen atoms in total. The quantitative estimate of drug-likeness (QED) is 0.788. The van der Waals surface area contributed by atoms with Gasteiger partial charge in [0.05, 0.1) is 12.5 Å². The van der Waals surface area contributed by atoms with Crippen LogP contribution in [0.5, 0.6) is 5.75 Å². The molecule has 0 saturated carbocycles. The fourth-order valence-electron chi connectivity index (χ4n) is 1.99. The second-order valence-corrected chi connectivity index (χ2v) is 5.49. The van der Waals surface area contributed by atoms with Gasteiger partial charge in [-0.2, -0.15) is 0 Å². The smallest absolute Gasteiger partial charge is 0.289 e. The molecule has 2 rings (SSSR count). The van der Waals surface area contributed by atoms with Gasteiger partial charge in [-0.05, 0) is 36.8 Å². The lowest BCUT2D eigenvalue weighted by Gasteiger charge is -2.16. The van der Waals surface area contributed by atoms with Gasteiger partial charge in [-0.25, -0.2) is 0 Å². The summed E-state index contributed by atoms with van der Waals surface area (Å²) in [6.45, 7) is 2.27. The van der Waals surface area contributed by atoms with Crippen molar-refractivity contribution in [2.45, 2.75) is 18.8 Å². The normalized spacial score (nSPS) is 12.0. The van der Waals surface area contributed by atoms with Gasteiger partial charge in [0.15, 0.2) is 5.76 Å². The molecule has 0 aliphatic heterocycles. The molecule has 112 valence electrons. The summed E-state index contributed by atoms with van der Waals surface area (Å²) in [4.78, 5) is 13.9. The summed E-state index contributed by atoms with van der Waals surface area (Å²) in [7, 11) is 3.35. The fourth-order valence-corrected chi connectivity index (χ4v) is 2.10. The molecule has 2 aromatic rings. The van der Waals surface area contributed by atoms with Gasteiger partial charge in [0.1, 0.15) is 11.5 Å². The Kier molecular flexibility index (Phi) is 4.91. The molecule has 0 saturated heterocycles. The lowest BCUT2D eigenvalue weighted by atomic mass is 10.2. The predicted molar refractivity (Wildman–Crippen MR) is 81.8 cm³/mol. The molecule has 0 aliphatic carbocycles. The van der Waals surface area contributed by atoms with E-state index in [2.05, 4.69) is 0 Å². The van der Waals surface area contributed by atoms with Crippen LogP contribution in [0.25, 0.3) is 0 Å². The van der Waals surface area contributed by atoms with Crippen LogP contribution in [0, 0.1) is 0 Å². The number of alkyl halides is 1. The molecule has 1 atom stereocenters. The lowest BCUT2D eigenvalue weighted by molar-refractivity contribution is 0.0751. The van der Waals surface area contributed by atoms with E-state index in [1.165, 1.54) is 0 Å². The minimum absolute atomic E-state index is 0.179. The number of carbonyl (C=O) groups is 1. The average Bonchev–Trinajstić information content (AvgIpc) is 2.96. The summed E-state index contributed by atoms with van der Waals surface area (Å²) < 4.78 is 10.6. The standard InChI is InChI=1S/C16H18ClNO3/c1-11(17)14-7-8-15(21-14)16(19)18(2)10-12-5-4-6-13(9-12)20-3/h4-9,11H,10H2,1-3H3. The van der Waals surface area contributed by atoms with Crippen LogP contribution < -0.4 is 4.74 Å². The SMILES string of the molecule is COc1cccc(CN(C)C(=O)c2ccc(C(C)Cl)o2)c1. The number of rotatable bonds is 5. The highest BCUT2D eigenvalue weighted by Crippen LogP contribution is 2.22. The molecule has 1 aromatic heterocycles. The van der Waals surface area contributed by atoms with E-state index in [1.54, 1.807) is 38.1 Å². The van der Waals surface area contributed by atoms with Gasteiger partial charge in [0.2, 0.25) is 0 Å². The lowest BCUT2D eigenvalue weighted by Crippen LogP contribution is -2.25. The molecule has 21 heavy (non-hydrogen) atoms. The molecule has 0 fully saturated rings. The number of hydrogen-bond acceptors (Lipinski definition) is 3. The number of halogens is 1. The summed E-state index contributed by atoms with van der Waals surface area (Å²) in [6.07, 6.45) is 0. The van der Waals surface area contributed by atoms with Gasteiger partial charge >= 0.3 is 0 Å². The molecule has 1 heterocycles. The zero-order valence-electron chi connectivity index (χ0n) is 12.3. The van der Waals surface area contributed by atoms with E-state index < -0.39 is 0 Å². The summed E-state index contributed by atoms with van der Waals surface area (Å²) in [6, 6.07) is 11.0. The monoisotopic (exact) mass is 307 g/mol. The number of ether oxygens (including phenoxy) is 1. The third kappa shape index (κ3) is 3.79. The molecule has 0 aliphatic rings. The maximum absolute atomic E-state index is 12.3. The van der Waals surface area contributed by atoms with E-state index in [0.717, 1.165) is 11.3 Å². The largest absolute Gasteiger partial charge is 0.497 e. The number of methoxy groups -OCH3 is 1. The van der Waals surface area contributed by atoms with Gasteiger partial charge in [0, 0.05) is 13.6 Å². The van der Waals surface area contributed by atoms with Gasteiger partial charge in [-0.1, -0.05) is 12.1 Å². The van der Waals surface area contributed by atoms with E-state index in [-0.39, 0.29) is 11.3 Å². The molecule has 5 heteroatoms. The molecular weight excluding hydrogens is 290 g/mol. The van der Waals surface area contributed by atoms with Crippen molar-refractivity contribution < 1.29 is 13.9 Å². The first kappa shape index (κ1) is 15.4. The van der Waals surface area contributed by atoms with Crippen LogP contribution in [0.1, 0.15) is 34.2 Å². The number of furan rings is 1. The summed E-state index contributed by atoms with van der Waals surface area (Å²) in [5.74, 6) is 1.48. The molecule has 0 N–H and O–H groups in total. The van der Waals surface area contributed by atoms with E-state index in [0.29, 0.717) is 18.1 Å². The number of benzene rings is 1. The van der Waals surface area contributed by atoms with E-state index >= 15 is 0 Å². The van der Waals surface area contributed by atoms with E-state index in [4.69, 9.17) is 20.8 Å². The van der Waals surface area contributed by atoms with Crippen molar-refractivity contribution in [2.75, 3.05) is 14.2 Å². The third-order valence-electron chi connectivity index (χ3n) is 3.13. The topological polar surface area (TPSA) is 42.7 Å². The van der Waals surface area contributed by atoms with Crippen LogP contribution >= 0.6 is 11.6 Å². The second kappa shape index (κ2) is 6.68. The highest BCUT2D eigenvalue weighted by molar-refractivity contribution is 6.20. The Labute approximate surface area is 129 Å². The molecule has 0 radical (unpaired) electrons. The van der Waals surface area contributed by atoms with Crippen LogP contribution in [-0.2, 0) is 6.54 Å². The minimum Gasteiger partial charge on any atom is -0.497 e. The highest BCUT2D eigenvalue weighted by Gasteiger charge is 2.17. The first-order chi connectivity index (χ1) is 10.0. The Morgan fingerprint density at radius 3 is 2.76 bits per heavy atom. The number of amides is 1. The van der Waals surface area contributed by atoms with Gasteiger partial charge in [-0.3, -0.25) is 4.79 Å². The van der Waals surface area contributed by atoms with Crippen LogP contribution in [0.2, 0.25) is 0 Å². The maximum Gasteiger partial charge on any atom is 0.289 e. The predicted octanol–water partition coefficient (Wildman–Crippen LogP) is 3.86. The van der Waals surface area contributed by atoms with Crippen LogP contribution in [0.3, 0.4) is 0 Å². The maximum atomic E-state index is 12.3. The van der Waals surface area contributed by atoms with Crippen LogP contribution in [0.4, 0.5) is 0 Å². The van der Waals surface area contributed by atoms with Crippen molar-refractivity contribution in [1.29, 1.82) is 0 Å². The number of carbonyl (C=O) groups excluding carboxylic acids is 1. The zero-order chi connectivity index (χ0) is 15.4. The van der Waals surface area contributed by atoms with Crippen LogP contribution in [-0.4, -0.2) is 25.0 Å². The van der Waals surface area contributed by atoms with E-state index in [1.807, 2.05) is 24.3 Å². The summed E-state index contributed by atoms with van der Waals surface area (Å²) in [5.41, 5.74) is 0.989. The van der Waals surface area contributed by atoms with Gasteiger partial charge in [0.25, 0.3) is 5.91 Å². The van der Waals surface area contributed by atoms with Gasteiger partial charge < -0.3 is 14.1 Å². The third-order valence-corrected chi connectivity index (χ3v) is 3.35. The molecular formula is C16H18ClNO3. The van der Waals surface area contributed by atoms with Crippen molar-refractivity contribution in [2.24, 2.45) is 0 Å². The summed E-state index contributed by atoms with van der Waals surface area (Å²) in [5, 5.41) is -0.254. The van der Waals surface area contributed by atoms with Crippen molar-refractivity contribution in [1.82, 2.24) is 4.90 Å². The minimum atomic E-state index is -0.254. The van der Waals surface area contributed by atoms with Gasteiger partial charge in [-0.15, -0.1) is 11.6 Å². The Hall–Kier alpha value is -1.94. The molecule has 0 bridgehead atoms. The number of hydrogen-bond donors (Lipinski definition) is 0. The molecule has 1 unspecified atom stereocenters. The van der Waals surface area contributed by atoms with Crippen molar-refractivity contribution >= 4 is 17.5 Å². The Morgan fingerprint density at radius 2 is 2.14 bits per heavy atom. The Morgan fingerprint density at radius 1 is 1.38 bits per heavy atom. The molecule has 1 amide bonds. The zero-order valence-corrected chi connectivity index (χ0v) is 13.1. The molecule has 1 aromatic carbocycles. The average molecular weight is 308 g/mol. The fraction of sp³-hybridized carbons (Fsp3) is 0.312. The second-order valence-electron chi connectivity index (χ2n) is 4.83.